The first-order chi connectivity index (χ1) is 10.0. The van der Waals surface area contributed by atoms with Crippen molar-refractivity contribution in [3.05, 3.63) is 29.6 Å². The number of urea groups is 1. The van der Waals surface area contributed by atoms with E-state index in [9.17, 15) is 9.59 Å². The van der Waals surface area contributed by atoms with Crippen LogP contribution in [0.3, 0.4) is 0 Å². The molecule has 21 heavy (non-hydrogen) atoms. The van der Waals surface area contributed by atoms with Crippen molar-refractivity contribution in [2.24, 2.45) is 5.92 Å². The quantitative estimate of drug-likeness (QED) is 0.886. The number of hydrogen-bond acceptors (Lipinski definition) is 3. The average Bonchev–Trinajstić information content (AvgIpc) is 2.44. The highest BCUT2D eigenvalue weighted by molar-refractivity contribution is 5.74. The Morgan fingerprint density at radius 1 is 1.48 bits per heavy atom. The van der Waals surface area contributed by atoms with Crippen LogP contribution in [0.15, 0.2) is 18.2 Å². The maximum atomic E-state index is 12.1. The predicted molar refractivity (Wildman–Crippen MR) is 77.8 cm³/mol. The van der Waals surface area contributed by atoms with Crippen molar-refractivity contribution >= 4 is 12.0 Å². The van der Waals surface area contributed by atoms with Gasteiger partial charge in [-0.3, -0.25) is 9.78 Å². The van der Waals surface area contributed by atoms with Crippen LogP contribution in [0.4, 0.5) is 4.79 Å². The van der Waals surface area contributed by atoms with E-state index in [1.165, 1.54) is 0 Å². The number of aromatic nitrogens is 1. The summed E-state index contributed by atoms with van der Waals surface area (Å²) in [7, 11) is 0. The number of nitrogens with zero attached hydrogens (tertiary/aromatic N) is 2. The lowest BCUT2D eigenvalue weighted by Gasteiger charge is -2.32. The molecule has 1 unspecified atom stereocenters. The van der Waals surface area contributed by atoms with Gasteiger partial charge < -0.3 is 15.3 Å². The van der Waals surface area contributed by atoms with Gasteiger partial charge in [0.05, 0.1) is 12.2 Å². The van der Waals surface area contributed by atoms with E-state index in [2.05, 4.69) is 10.3 Å². The molecule has 6 nitrogen and oxygen atoms in total. The zero-order chi connectivity index (χ0) is 15.2. The summed E-state index contributed by atoms with van der Waals surface area (Å²) < 4.78 is 0. The van der Waals surface area contributed by atoms with Crippen molar-refractivity contribution in [1.82, 2.24) is 15.2 Å². The van der Waals surface area contributed by atoms with Crippen molar-refractivity contribution in [2.75, 3.05) is 13.1 Å². The van der Waals surface area contributed by atoms with Gasteiger partial charge in [-0.05, 0) is 37.8 Å². The number of likely N-dealkylation sites (tertiary alicyclic amines) is 1. The number of amides is 2. The summed E-state index contributed by atoms with van der Waals surface area (Å²) in [6, 6.07) is 5.55. The molecule has 0 radical (unpaired) electrons. The molecule has 2 N–H and O–H groups in total. The van der Waals surface area contributed by atoms with Gasteiger partial charge >= 0.3 is 12.0 Å². The summed E-state index contributed by atoms with van der Waals surface area (Å²) in [4.78, 5) is 28.9. The fourth-order valence-electron chi connectivity index (χ4n) is 2.64. The van der Waals surface area contributed by atoms with Crippen LogP contribution in [0.2, 0.25) is 0 Å². The highest BCUT2D eigenvalue weighted by Crippen LogP contribution is 2.19. The first-order valence-corrected chi connectivity index (χ1v) is 7.21. The third-order valence-electron chi connectivity index (χ3n) is 3.64. The summed E-state index contributed by atoms with van der Waals surface area (Å²) >= 11 is 0. The van der Waals surface area contributed by atoms with E-state index in [-0.39, 0.29) is 18.4 Å². The van der Waals surface area contributed by atoms with Crippen molar-refractivity contribution in [1.29, 1.82) is 0 Å². The highest BCUT2D eigenvalue weighted by Gasteiger charge is 2.25. The van der Waals surface area contributed by atoms with E-state index < -0.39 is 5.97 Å². The summed E-state index contributed by atoms with van der Waals surface area (Å²) in [6.07, 6.45) is 1.85. The largest absolute Gasteiger partial charge is 0.481 e. The number of carboxylic acids is 1. The van der Waals surface area contributed by atoms with E-state index in [0.29, 0.717) is 19.6 Å². The second-order valence-corrected chi connectivity index (χ2v) is 5.48. The van der Waals surface area contributed by atoms with Gasteiger partial charge in [0.25, 0.3) is 0 Å². The van der Waals surface area contributed by atoms with Gasteiger partial charge in [0, 0.05) is 25.2 Å². The fourth-order valence-corrected chi connectivity index (χ4v) is 2.64. The lowest BCUT2D eigenvalue weighted by Crippen LogP contribution is -2.45. The molecular weight excluding hydrogens is 270 g/mol. The van der Waals surface area contributed by atoms with E-state index in [0.717, 1.165) is 24.2 Å². The Morgan fingerprint density at radius 3 is 3.00 bits per heavy atom. The maximum Gasteiger partial charge on any atom is 0.317 e. The highest BCUT2D eigenvalue weighted by atomic mass is 16.4. The molecule has 0 aromatic carbocycles. The van der Waals surface area contributed by atoms with Crippen LogP contribution in [0.5, 0.6) is 0 Å². The molecule has 0 bridgehead atoms. The molecule has 6 heteroatoms. The van der Waals surface area contributed by atoms with Gasteiger partial charge in [0.2, 0.25) is 0 Å². The lowest BCUT2D eigenvalue weighted by atomic mass is 9.95. The van der Waals surface area contributed by atoms with E-state index in [1.807, 2.05) is 25.1 Å². The van der Waals surface area contributed by atoms with Crippen LogP contribution >= 0.6 is 0 Å². The molecule has 1 aliphatic rings. The average molecular weight is 291 g/mol. The van der Waals surface area contributed by atoms with E-state index in [4.69, 9.17) is 5.11 Å². The number of rotatable bonds is 4. The van der Waals surface area contributed by atoms with E-state index in [1.54, 1.807) is 4.90 Å². The SMILES string of the molecule is Cc1cccc(CNC(=O)N2CCCC(CC(=O)O)C2)n1. The number of hydrogen-bond donors (Lipinski definition) is 2. The molecule has 0 spiro atoms. The number of piperidine rings is 1. The van der Waals surface area contributed by atoms with Gasteiger partial charge in [-0.15, -0.1) is 0 Å². The molecule has 1 aliphatic heterocycles. The zero-order valence-corrected chi connectivity index (χ0v) is 12.2. The standard InChI is InChI=1S/C15H21N3O3/c1-11-4-2-6-13(17-11)9-16-15(21)18-7-3-5-12(10-18)8-14(19)20/h2,4,6,12H,3,5,7-10H2,1H3,(H,16,21)(H,19,20). The lowest BCUT2D eigenvalue weighted by molar-refractivity contribution is -0.138. The molecule has 0 saturated carbocycles. The predicted octanol–water partition coefficient (Wildman–Crippen LogP) is 1.79. The van der Waals surface area contributed by atoms with Crippen LogP contribution in [0, 0.1) is 12.8 Å². The Kier molecular flexibility index (Phi) is 5.14. The summed E-state index contributed by atoms with van der Waals surface area (Å²) in [5.41, 5.74) is 1.74. The van der Waals surface area contributed by atoms with Gasteiger partial charge in [0.15, 0.2) is 0 Å². The molecule has 2 heterocycles. The molecule has 1 saturated heterocycles. The summed E-state index contributed by atoms with van der Waals surface area (Å²) in [6.45, 7) is 3.50. The molecule has 1 aromatic heterocycles. The first kappa shape index (κ1) is 15.3. The second kappa shape index (κ2) is 7.06. The number of carbonyl (C=O) groups excluding carboxylic acids is 1. The van der Waals surface area contributed by atoms with Crippen molar-refractivity contribution in [3.63, 3.8) is 0 Å². The second-order valence-electron chi connectivity index (χ2n) is 5.48. The molecular formula is C15H21N3O3. The Bertz CT molecular complexity index is 519. The number of aliphatic carboxylic acids is 1. The first-order valence-electron chi connectivity index (χ1n) is 7.21. The fraction of sp³-hybridized carbons (Fsp3) is 0.533. The van der Waals surface area contributed by atoms with E-state index >= 15 is 0 Å². The van der Waals surface area contributed by atoms with Crippen molar-refractivity contribution in [3.8, 4) is 0 Å². The van der Waals surface area contributed by atoms with Crippen molar-refractivity contribution in [2.45, 2.75) is 32.7 Å². The number of pyridine rings is 1. The summed E-state index contributed by atoms with van der Waals surface area (Å²) in [5, 5.41) is 11.7. The number of nitrogens with one attached hydrogen (secondary N) is 1. The van der Waals surface area contributed by atoms with Crippen LogP contribution in [-0.2, 0) is 11.3 Å². The van der Waals surface area contributed by atoms with Crippen LogP contribution in [0.1, 0.15) is 30.7 Å². The third-order valence-corrected chi connectivity index (χ3v) is 3.64. The minimum Gasteiger partial charge on any atom is -0.481 e. The molecule has 2 rings (SSSR count). The van der Waals surface area contributed by atoms with Crippen LogP contribution in [0.25, 0.3) is 0 Å². The topological polar surface area (TPSA) is 82.5 Å². The Morgan fingerprint density at radius 2 is 2.29 bits per heavy atom. The minimum atomic E-state index is -0.800. The molecule has 114 valence electrons. The van der Waals surface area contributed by atoms with Gasteiger partial charge in [0.1, 0.15) is 0 Å². The molecule has 1 aromatic rings. The minimum absolute atomic E-state index is 0.0547. The third kappa shape index (κ3) is 4.73. The number of aryl methyl sites for hydroxylation is 1. The Balaban J connectivity index is 1.83. The Labute approximate surface area is 124 Å². The zero-order valence-electron chi connectivity index (χ0n) is 12.2. The maximum absolute atomic E-state index is 12.1. The van der Waals surface area contributed by atoms with Gasteiger partial charge in [-0.25, -0.2) is 4.79 Å². The van der Waals surface area contributed by atoms with Crippen LogP contribution < -0.4 is 5.32 Å². The summed E-state index contributed by atoms with van der Waals surface area (Å²) in [5.74, 6) is -0.745. The molecule has 0 aliphatic carbocycles. The Hall–Kier alpha value is -2.11. The molecule has 1 fully saturated rings. The number of carbonyl (C=O) groups is 2. The smallest absolute Gasteiger partial charge is 0.317 e. The molecule has 2 amide bonds. The van der Waals surface area contributed by atoms with Gasteiger partial charge in [-0.1, -0.05) is 6.07 Å². The monoisotopic (exact) mass is 291 g/mol. The van der Waals surface area contributed by atoms with Gasteiger partial charge in [-0.2, -0.15) is 0 Å². The van der Waals surface area contributed by atoms with Crippen LogP contribution in [-0.4, -0.2) is 40.1 Å². The molecule has 1 atom stereocenters. The van der Waals surface area contributed by atoms with Crippen molar-refractivity contribution < 1.29 is 14.7 Å². The normalized spacial score (nSPS) is 18.3. The number of carboxylic acid groups (broad SMARTS) is 1.